The molecule has 2 atom stereocenters. The number of aliphatic carboxylic acids is 1. The van der Waals surface area contributed by atoms with E-state index in [0.717, 1.165) is 25.7 Å². The molecule has 0 spiro atoms. The number of β-lactam (4-membered cyclic amide) rings is 1. The van der Waals surface area contributed by atoms with Crippen LogP contribution in [0.25, 0.3) is 0 Å². The Labute approximate surface area is 148 Å². The van der Waals surface area contributed by atoms with Gasteiger partial charge in [-0.25, -0.2) is 4.98 Å². The lowest BCUT2D eigenvalue weighted by molar-refractivity contribution is -0.165. The van der Waals surface area contributed by atoms with Crippen molar-refractivity contribution in [1.29, 1.82) is 0 Å². The summed E-state index contributed by atoms with van der Waals surface area (Å²) in [6, 6.07) is 2.96. The lowest BCUT2D eigenvalue weighted by Gasteiger charge is -2.50. The van der Waals surface area contributed by atoms with Gasteiger partial charge in [-0.3, -0.25) is 9.59 Å². The van der Waals surface area contributed by atoms with E-state index in [1.807, 2.05) is 13.0 Å². The highest BCUT2D eigenvalue weighted by molar-refractivity contribution is 5.89. The Morgan fingerprint density at radius 3 is 2.80 bits per heavy atom. The number of allylic oxidation sites excluding steroid dienone is 1. The summed E-state index contributed by atoms with van der Waals surface area (Å²) in [7, 11) is 1.52. The van der Waals surface area contributed by atoms with Crippen molar-refractivity contribution >= 4 is 11.9 Å². The van der Waals surface area contributed by atoms with E-state index in [1.165, 1.54) is 7.11 Å². The second-order valence-corrected chi connectivity index (χ2v) is 6.78. The summed E-state index contributed by atoms with van der Waals surface area (Å²) in [5.74, 6) is -0.457. The molecule has 1 unspecified atom stereocenters. The van der Waals surface area contributed by atoms with Crippen LogP contribution < -0.4 is 4.74 Å². The molecule has 136 valence electrons. The first-order valence-corrected chi connectivity index (χ1v) is 8.55. The van der Waals surface area contributed by atoms with E-state index in [4.69, 9.17) is 4.74 Å². The van der Waals surface area contributed by atoms with E-state index >= 15 is 0 Å². The molecule has 1 aromatic rings. The maximum atomic E-state index is 12.7. The predicted octanol–water partition coefficient (Wildman–Crippen LogP) is 3.20. The first-order valence-electron chi connectivity index (χ1n) is 8.55. The van der Waals surface area contributed by atoms with Crippen LogP contribution in [0, 0.1) is 5.41 Å². The van der Waals surface area contributed by atoms with Crippen LogP contribution in [0.15, 0.2) is 31.0 Å². The van der Waals surface area contributed by atoms with Gasteiger partial charge < -0.3 is 14.7 Å². The Kier molecular flexibility index (Phi) is 6.17. The number of pyridine rings is 1. The second kappa shape index (κ2) is 8.14. The van der Waals surface area contributed by atoms with Gasteiger partial charge in [0.25, 0.3) is 0 Å². The summed E-state index contributed by atoms with van der Waals surface area (Å²) < 4.78 is 5.03. The van der Waals surface area contributed by atoms with Gasteiger partial charge in [0.2, 0.25) is 11.8 Å². The molecule has 0 aliphatic carbocycles. The Balaban J connectivity index is 2.07. The molecule has 25 heavy (non-hydrogen) atoms. The Hall–Kier alpha value is -2.37. The number of carboxylic acids is 1. The first-order chi connectivity index (χ1) is 11.9. The standard InChI is InChI=1S/C19H26N2O4/c1-4-5-6-7-10-19(2)13-21(18(19)24)15(11-17(22)23)14-8-9-16(25-3)20-12-14/h4,8-9,12,15H,1,5-7,10-11,13H2,2-3H3,(H,22,23)/t15?,19-/m0/s1. The molecule has 0 aromatic carbocycles. The van der Waals surface area contributed by atoms with Crippen molar-refractivity contribution in [3.8, 4) is 5.88 Å². The Morgan fingerprint density at radius 1 is 1.52 bits per heavy atom. The number of ether oxygens (including phenoxy) is 1. The maximum Gasteiger partial charge on any atom is 0.305 e. The number of likely N-dealkylation sites (tertiary alicyclic amines) is 1. The Bertz CT molecular complexity index is 629. The fourth-order valence-corrected chi connectivity index (χ4v) is 3.30. The quantitative estimate of drug-likeness (QED) is 0.400. The number of aromatic nitrogens is 1. The minimum Gasteiger partial charge on any atom is -0.481 e. The third kappa shape index (κ3) is 4.38. The summed E-state index contributed by atoms with van der Waals surface area (Å²) in [5.41, 5.74) is 0.322. The lowest BCUT2D eigenvalue weighted by atomic mass is 9.74. The van der Waals surface area contributed by atoms with Crippen LogP contribution >= 0.6 is 0 Å². The Morgan fingerprint density at radius 2 is 2.28 bits per heavy atom. The van der Waals surface area contributed by atoms with Crippen molar-refractivity contribution < 1.29 is 19.4 Å². The number of methoxy groups -OCH3 is 1. The minimum atomic E-state index is -0.937. The average Bonchev–Trinajstić information content (AvgIpc) is 2.61. The zero-order valence-electron chi connectivity index (χ0n) is 14.9. The number of rotatable bonds is 10. The third-order valence-electron chi connectivity index (χ3n) is 4.78. The van der Waals surface area contributed by atoms with Crippen LogP contribution in [-0.2, 0) is 9.59 Å². The van der Waals surface area contributed by atoms with Gasteiger partial charge in [0, 0.05) is 18.8 Å². The van der Waals surface area contributed by atoms with E-state index in [0.29, 0.717) is 18.0 Å². The van der Waals surface area contributed by atoms with E-state index < -0.39 is 17.4 Å². The molecular weight excluding hydrogens is 320 g/mol. The highest BCUT2D eigenvalue weighted by Gasteiger charge is 2.50. The van der Waals surface area contributed by atoms with Crippen LogP contribution in [0.3, 0.4) is 0 Å². The van der Waals surface area contributed by atoms with Crippen molar-refractivity contribution in [2.24, 2.45) is 5.41 Å². The fraction of sp³-hybridized carbons (Fsp3) is 0.526. The van der Waals surface area contributed by atoms with Gasteiger partial charge in [0.05, 0.1) is 25.0 Å². The third-order valence-corrected chi connectivity index (χ3v) is 4.78. The van der Waals surface area contributed by atoms with E-state index in [2.05, 4.69) is 11.6 Å². The molecule has 2 heterocycles. The zero-order chi connectivity index (χ0) is 18.4. The van der Waals surface area contributed by atoms with Gasteiger partial charge >= 0.3 is 5.97 Å². The monoisotopic (exact) mass is 346 g/mol. The molecule has 6 heteroatoms. The molecule has 1 saturated heterocycles. The van der Waals surface area contributed by atoms with Crippen LogP contribution in [0.4, 0.5) is 0 Å². The second-order valence-electron chi connectivity index (χ2n) is 6.78. The number of hydrogen-bond donors (Lipinski definition) is 1. The number of carbonyl (C=O) groups excluding carboxylic acids is 1. The fourth-order valence-electron chi connectivity index (χ4n) is 3.30. The predicted molar refractivity (Wildman–Crippen MR) is 94.3 cm³/mol. The molecule has 1 fully saturated rings. The first kappa shape index (κ1) is 19.0. The number of carboxylic acid groups (broad SMARTS) is 1. The summed E-state index contributed by atoms with van der Waals surface area (Å²) >= 11 is 0. The molecule has 6 nitrogen and oxygen atoms in total. The smallest absolute Gasteiger partial charge is 0.305 e. The molecular formula is C19H26N2O4. The number of unbranched alkanes of at least 4 members (excludes halogenated alkanes) is 2. The molecule has 1 aliphatic heterocycles. The van der Waals surface area contributed by atoms with E-state index in [1.54, 1.807) is 23.2 Å². The van der Waals surface area contributed by atoms with Crippen LogP contribution in [0.2, 0.25) is 0 Å². The molecule has 1 amide bonds. The highest BCUT2D eigenvalue weighted by atomic mass is 16.5. The molecule has 2 rings (SSSR count). The van der Waals surface area contributed by atoms with Gasteiger partial charge in [0.15, 0.2) is 0 Å². The maximum absolute atomic E-state index is 12.7. The van der Waals surface area contributed by atoms with Crippen LogP contribution in [0.1, 0.15) is 50.6 Å². The number of carbonyl (C=O) groups is 2. The molecule has 1 aromatic heterocycles. The molecule has 0 saturated carbocycles. The normalized spacial score (nSPS) is 20.7. The number of hydrogen-bond acceptors (Lipinski definition) is 4. The lowest BCUT2D eigenvalue weighted by Crippen LogP contribution is -2.61. The van der Waals surface area contributed by atoms with E-state index in [9.17, 15) is 14.7 Å². The molecule has 1 N–H and O–H groups in total. The molecule has 1 aliphatic rings. The molecule has 0 bridgehead atoms. The topological polar surface area (TPSA) is 79.7 Å². The molecule has 0 radical (unpaired) electrons. The number of amides is 1. The van der Waals surface area contributed by atoms with Gasteiger partial charge in [-0.2, -0.15) is 0 Å². The summed E-state index contributed by atoms with van der Waals surface area (Å²) in [6.07, 6.45) is 7.09. The summed E-state index contributed by atoms with van der Waals surface area (Å²) in [4.78, 5) is 29.8. The summed E-state index contributed by atoms with van der Waals surface area (Å²) in [6.45, 7) is 6.24. The SMILES string of the molecule is C=CCCCC[C@@]1(C)CN(C(CC(=O)O)c2ccc(OC)nc2)C1=O. The van der Waals surface area contributed by atoms with Crippen LogP contribution in [0.5, 0.6) is 5.88 Å². The van der Waals surface area contributed by atoms with Crippen LogP contribution in [-0.4, -0.2) is 40.5 Å². The minimum absolute atomic E-state index is 0.0215. The highest BCUT2D eigenvalue weighted by Crippen LogP contribution is 2.42. The zero-order valence-corrected chi connectivity index (χ0v) is 14.9. The summed E-state index contributed by atoms with van der Waals surface area (Å²) in [5, 5.41) is 9.24. The van der Waals surface area contributed by atoms with Gasteiger partial charge in [-0.15, -0.1) is 6.58 Å². The van der Waals surface area contributed by atoms with Crippen molar-refractivity contribution in [3.05, 3.63) is 36.5 Å². The van der Waals surface area contributed by atoms with Crippen molar-refractivity contribution in [2.75, 3.05) is 13.7 Å². The van der Waals surface area contributed by atoms with Crippen molar-refractivity contribution in [2.45, 2.75) is 45.1 Å². The van der Waals surface area contributed by atoms with Gasteiger partial charge in [0.1, 0.15) is 0 Å². The van der Waals surface area contributed by atoms with Gasteiger partial charge in [-0.1, -0.05) is 18.6 Å². The van der Waals surface area contributed by atoms with Gasteiger partial charge in [-0.05, 0) is 31.7 Å². The van der Waals surface area contributed by atoms with E-state index in [-0.39, 0.29) is 12.3 Å². The van der Waals surface area contributed by atoms with Crippen molar-refractivity contribution in [3.63, 3.8) is 0 Å². The number of nitrogens with zero attached hydrogens (tertiary/aromatic N) is 2. The average molecular weight is 346 g/mol. The van der Waals surface area contributed by atoms with Crippen molar-refractivity contribution in [1.82, 2.24) is 9.88 Å². The largest absolute Gasteiger partial charge is 0.481 e.